The van der Waals surface area contributed by atoms with E-state index < -0.39 is 30.1 Å². The van der Waals surface area contributed by atoms with Gasteiger partial charge in [-0.05, 0) is 6.92 Å². The Morgan fingerprint density at radius 1 is 1.45 bits per heavy atom. The maximum Gasteiger partial charge on any atom is 0.216 e. The summed E-state index contributed by atoms with van der Waals surface area (Å²) in [6.07, 6.45) is 1.16. The molecule has 0 bridgehead atoms. The SMILES string of the molecule is C[C@@H]1[C@H](N2C=NC3C(O)=NC=NC32)O[C@](C)(CO)[C@H]1O. The summed E-state index contributed by atoms with van der Waals surface area (Å²) in [5, 5.41) is 29.3. The van der Waals surface area contributed by atoms with Crippen LogP contribution in [0.1, 0.15) is 13.8 Å². The molecule has 0 aromatic heterocycles. The van der Waals surface area contributed by atoms with Crippen molar-refractivity contribution in [2.24, 2.45) is 20.9 Å². The molecule has 3 heterocycles. The summed E-state index contributed by atoms with van der Waals surface area (Å²) in [4.78, 5) is 13.9. The van der Waals surface area contributed by atoms with E-state index in [1.807, 2.05) is 6.92 Å². The van der Waals surface area contributed by atoms with Crippen LogP contribution in [-0.4, -0.2) is 75.5 Å². The van der Waals surface area contributed by atoms with Crippen molar-refractivity contribution >= 4 is 18.6 Å². The summed E-state index contributed by atoms with van der Waals surface area (Å²) in [6.45, 7) is 3.24. The molecule has 8 heteroatoms. The standard InChI is InChI=1S/C12H18N4O4/c1-6-8(18)12(2,3-17)20-11(6)16-5-15-7-9(16)13-4-14-10(7)19/h4-9,11,17-18H,3H2,1-2H3,(H,13,14,19)/t6-,7?,8-,9?,11+,12+/m0/s1. The van der Waals surface area contributed by atoms with E-state index in [2.05, 4.69) is 15.0 Å². The zero-order valence-electron chi connectivity index (χ0n) is 11.3. The molecule has 0 aromatic rings. The Morgan fingerprint density at radius 2 is 2.20 bits per heavy atom. The van der Waals surface area contributed by atoms with Crippen molar-refractivity contribution in [2.45, 2.75) is 44.0 Å². The van der Waals surface area contributed by atoms with E-state index in [9.17, 15) is 15.3 Å². The topological polar surface area (TPSA) is 110 Å². The van der Waals surface area contributed by atoms with Crippen LogP contribution in [0.2, 0.25) is 0 Å². The lowest BCUT2D eigenvalue weighted by Crippen LogP contribution is -2.48. The maximum absolute atomic E-state index is 10.2. The van der Waals surface area contributed by atoms with Gasteiger partial charge in [-0.2, -0.15) is 0 Å². The van der Waals surface area contributed by atoms with Gasteiger partial charge >= 0.3 is 0 Å². The first-order valence-corrected chi connectivity index (χ1v) is 6.54. The average Bonchev–Trinajstić information content (AvgIpc) is 2.96. The third-order valence-corrected chi connectivity index (χ3v) is 4.19. The van der Waals surface area contributed by atoms with Crippen molar-refractivity contribution in [3.8, 4) is 0 Å². The van der Waals surface area contributed by atoms with Crippen LogP contribution in [0.25, 0.3) is 0 Å². The zero-order chi connectivity index (χ0) is 14.5. The Balaban J connectivity index is 1.83. The van der Waals surface area contributed by atoms with Gasteiger partial charge in [-0.15, -0.1) is 0 Å². The molecule has 0 aromatic carbocycles. The number of aliphatic hydroxyl groups is 3. The molecule has 6 atom stereocenters. The van der Waals surface area contributed by atoms with Gasteiger partial charge in [0, 0.05) is 5.92 Å². The first-order valence-electron chi connectivity index (χ1n) is 6.54. The fourth-order valence-corrected chi connectivity index (χ4v) is 2.90. The number of hydrogen-bond donors (Lipinski definition) is 3. The van der Waals surface area contributed by atoms with Gasteiger partial charge in [0.05, 0.1) is 19.0 Å². The molecule has 3 aliphatic heterocycles. The van der Waals surface area contributed by atoms with Gasteiger partial charge in [0.2, 0.25) is 5.90 Å². The third kappa shape index (κ3) is 1.75. The number of aliphatic imine (C=N–C) groups is 3. The van der Waals surface area contributed by atoms with E-state index in [1.165, 1.54) is 6.34 Å². The minimum atomic E-state index is -1.01. The van der Waals surface area contributed by atoms with E-state index in [1.54, 1.807) is 18.2 Å². The van der Waals surface area contributed by atoms with Crippen molar-refractivity contribution in [2.75, 3.05) is 6.61 Å². The number of ether oxygens (including phenoxy) is 1. The first-order chi connectivity index (χ1) is 9.48. The van der Waals surface area contributed by atoms with Crippen LogP contribution in [0.5, 0.6) is 0 Å². The summed E-state index contributed by atoms with van der Waals surface area (Å²) in [5.41, 5.74) is -1.01. The molecule has 3 N–H and O–H groups in total. The molecule has 1 saturated heterocycles. The maximum atomic E-state index is 10.2. The fraction of sp³-hybridized carbons (Fsp3) is 0.750. The third-order valence-electron chi connectivity index (χ3n) is 4.19. The molecule has 110 valence electrons. The van der Waals surface area contributed by atoms with E-state index in [-0.39, 0.29) is 18.4 Å². The van der Waals surface area contributed by atoms with Crippen LogP contribution in [-0.2, 0) is 4.74 Å². The quantitative estimate of drug-likeness (QED) is 0.609. The second-order valence-corrected chi connectivity index (χ2v) is 5.61. The smallest absolute Gasteiger partial charge is 0.216 e. The van der Waals surface area contributed by atoms with Crippen LogP contribution in [0.4, 0.5) is 0 Å². The average molecular weight is 282 g/mol. The van der Waals surface area contributed by atoms with Gasteiger partial charge < -0.3 is 25.0 Å². The Morgan fingerprint density at radius 3 is 2.85 bits per heavy atom. The van der Waals surface area contributed by atoms with Gasteiger partial charge in [0.15, 0.2) is 12.2 Å². The Labute approximate surface area is 116 Å². The lowest BCUT2D eigenvalue weighted by molar-refractivity contribution is -0.127. The molecule has 0 spiro atoms. The van der Waals surface area contributed by atoms with Crippen LogP contribution >= 0.6 is 0 Å². The number of hydrogen-bond acceptors (Lipinski definition) is 7. The highest BCUT2D eigenvalue weighted by Crippen LogP contribution is 2.38. The molecular formula is C12H18N4O4. The highest BCUT2D eigenvalue weighted by atomic mass is 16.6. The molecular weight excluding hydrogens is 264 g/mol. The normalized spacial score (nSPS) is 46.7. The predicted molar refractivity (Wildman–Crippen MR) is 72.0 cm³/mol. The van der Waals surface area contributed by atoms with E-state index in [0.29, 0.717) is 0 Å². The first kappa shape index (κ1) is 13.5. The van der Waals surface area contributed by atoms with Crippen molar-refractivity contribution in [1.29, 1.82) is 0 Å². The second kappa shape index (κ2) is 4.51. The summed E-state index contributed by atoms with van der Waals surface area (Å²) in [5.74, 6) is -0.312. The summed E-state index contributed by atoms with van der Waals surface area (Å²) < 4.78 is 5.83. The molecule has 0 saturated carbocycles. The largest absolute Gasteiger partial charge is 0.495 e. The summed E-state index contributed by atoms with van der Waals surface area (Å²) >= 11 is 0. The molecule has 0 radical (unpaired) electrons. The highest BCUT2D eigenvalue weighted by Gasteiger charge is 2.53. The Hall–Kier alpha value is -1.51. The minimum Gasteiger partial charge on any atom is -0.495 e. The summed E-state index contributed by atoms with van der Waals surface area (Å²) in [6, 6.07) is -0.533. The highest BCUT2D eigenvalue weighted by molar-refractivity contribution is 5.92. The number of fused-ring (bicyclic) bond motifs is 1. The van der Waals surface area contributed by atoms with Crippen LogP contribution in [0, 0.1) is 5.92 Å². The van der Waals surface area contributed by atoms with Gasteiger partial charge in [-0.1, -0.05) is 6.92 Å². The predicted octanol–water partition coefficient (Wildman–Crippen LogP) is -0.872. The van der Waals surface area contributed by atoms with Gasteiger partial charge in [0.1, 0.15) is 18.2 Å². The summed E-state index contributed by atoms with van der Waals surface area (Å²) in [7, 11) is 0. The fourth-order valence-electron chi connectivity index (χ4n) is 2.90. The van der Waals surface area contributed by atoms with Gasteiger partial charge in [-0.25, -0.2) is 9.98 Å². The van der Waals surface area contributed by atoms with Gasteiger partial charge in [-0.3, -0.25) is 4.99 Å². The zero-order valence-corrected chi connectivity index (χ0v) is 11.3. The van der Waals surface area contributed by atoms with Crippen LogP contribution < -0.4 is 0 Å². The van der Waals surface area contributed by atoms with E-state index in [0.717, 1.165) is 0 Å². The van der Waals surface area contributed by atoms with Crippen molar-refractivity contribution in [3.05, 3.63) is 0 Å². The number of rotatable bonds is 2. The molecule has 0 amide bonds. The molecule has 3 rings (SSSR count). The molecule has 8 nitrogen and oxygen atoms in total. The molecule has 0 aliphatic carbocycles. The monoisotopic (exact) mass is 282 g/mol. The number of nitrogens with zero attached hydrogens (tertiary/aromatic N) is 4. The molecule has 2 unspecified atom stereocenters. The second-order valence-electron chi connectivity index (χ2n) is 5.61. The van der Waals surface area contributed by atoms with Crippen molar-refractivity contribution in [1.82, 2.24) is 4.90 Å². The van der Waals surface area contributed by atoms with Gasteiger partial charge in [0.25, 0.3) is 0 Å². The molecule has 1 fully saturated rings. The number of aliphatic hydroxyl groups excluding tert-OH is 3. The van der Waals surface area contributed by atoms with E-state index in [4.69, 9.17) is 4.74 Å². The minimum absolute atomic E-state index is 0.0835. The Bertz CT molecular complexity index is 494. The lowest BCUT2D eigenvalue weighted by atomic mass is 9.93. The Kier molecular flexibility index (Phi) is 3.03. The molecule has 3 aliphatic rings. The van der Waals surface area contributed by atoms with Crippen LogP contribution in [0.3, 0.4) is 0 Å². The van der Waals surface area contributed by atoms with E-state index >= 15 is 0 Å². The van der Waals surface area contributed by atoms with Crippen molar-refractivity contribution < 1.29 is 20.1 Å². The van der Waals surface area contributed by atoms with Crippen molar-refractivity contribution in [3.63, 3.8) is 0 Å². The van der Waals surface area contributed by atoms with Crippen LogP contribution in [0.15, 0.2) is 15.0 Å². The molecule has 20 heavy (non-hydrogen) atoms. The lowest BCUT2D eigenvalue weighted by Gasteiger charge is -2.32.